The zero-order chi connectivity index (χ0) is 10.2. The van der Waals surface area contributed by atoms with Gasteiger partial charge in [-0.1, -0.05) is 13.8 Å². The molecule has 3 heteroatoms. The first kappa shape index (κ1) is 9.97. The topological polar surface area (TPSA) is 41.1 Å². The molecule has 1 aliphatic carbocycles. The van der Waals surface area contributed by atoms with Crippen LogP contribution in [0.5, 0.6) is 0 Å². The Balaban J connectivity index is 1.87. The smallest absolute Gasteiger partial charge is 0.220 e. The summed E-state index contributed by atoms with van der Waals surface area (Å²) in [5.41, 5.74) is 0.131. The van der Waals surface area contributed by atoms with Crippen molar-refractivity contribution in [3.8, 4) is 0 Å². The van der Waals surface area contributed by atoms with E-state index < -0.39 is 0 Å². The Morgan fingerprint density at radius 1 is 1.64 bits per heavy atom. The highest BCUT2D eigenvalue weighted by atomic mass is 16.1. The Labute approximate surface area is 85.6 Å². The maximum Gasteiger partial charge on any atom is 0.220 e. The van der Waals surface area contributed by atoms with E-state index in [1.54, 1.807) is 0 Å². The van der Waals surface area contributed by atoms with E-state index in [9.17, 15) is 4.79 Å². The Morgan fingerprint density at radius 2 is 2.43 bits per heavy atom. The molecule has 0 spiro atoms. The minimum Gasteiger partial charge on any atom is -0.349 e. The lowest BCUT2D eigenvalue weighted by Crippen LogP contribution is -2.60. The van der Waals surface area contributed by atoms with E-state index in [0.717, 1.165) is 19.5 Å². The van der Waals surface area contributed by atoms with Gasteiger partial charge in [-0.2, -0.15) is 0 Å². The Kier molecular flexibility index (Phi) is 2.52. The summed E-state index contributed by atoms with van der Waals surface area (Å²) < 4.78 is 0. The summed E-state index contributed by atoms with van der Waals surface area (Å²) in [5.74, 6) is 1.38. The molecule has 0 aromatic carbocycles. The largest absolute Gasteiger partial charge is 0.349 e. The summed E-state index contributed by atoms with van der Waals surface area (Å²) in [4.78, 5) is 11.7. The van der Waals surface area contributed by atoms with Gasteiger partial charge in [0.05, 0.1) is 5.54 Å². The normalized spacial score (nSPS) is 35.2. The standard InChI is InChI=1S/C11H20N2O/c1-8(2)5-10(14)13-11-4-3-9(11)6-12-7-11/h8-9,12H,3-7H2,1-2H3,(H,13,14). The van der Waals surface area contributed by atoms with Crippen LogP contribution in [-0.2, 0) is 4.79 Å². The molecule has 1 amide bonds. The van der Waals surface area contributed by atoms with Crippen LogP contribution in [0.25, 0.3) is 0 Å². The number of fused-ring (bicyclic) bond motifs is 1. The van der Waals surface area contributed by atoms with E-state index in [2.05, 4.69) is 24.5 Å². The Morgan fingerprint density at radius 3 is 2.93 bits per heavy atom. The van der Waals surface area contributed by atoms with Crippen molar-refractivity contribution in [2.45, 2.75) is 38.6 Å². The molecule has 0 radical (unpaired) electrons. The average Bonchev–Trinajstić information content (AvgIpc) is 2.30. The van der Waals surface area contributed by atoms with E-state index in [1.165, 1.54) is 6.42 Å². The van der Waals surface area contributed by atoms with Crippen LogP contribution in [0.1, 0.15) is 33.1 Å². The van der Waals surface area contributed by atoms with Crippen LogP contribution in [-0.4, -0.2) is 24.5 Å². The van der Waals surface area contributed by atoms with Gasteiger partial charge in [0.25, 0.3) is 0 Å². The molecule has 2 N–H and O–H groups in total. The van der Waals surface area contributed by atoms with Gasteiger partial charge in [0.1, 0.15) is 0 Å². The predicted molar refractivity (Wildman–Crippen MR) is 55.9 cm³/mol. The van der Waals surface area contributed by atoms with Crippen molar-refractivity contribution in [1.82, 2.24) is 10.6 Å². The van der Waals surface area contributed by atoms with Crippen LogP contribution in [0.15, 0.2) is 0 Å². The summed E-state index contributed by atoms with van der Waals surface area (Å²) in [5, 5.41) is 6.59. The van der Waals surface area contributed by atoms with Gasteiger partial charge in [-0.15, -0.1) is 0 Å². The summed E-state index contributed by atoms with van der Waals surface area (Å²) >= 11 is 0. The van der Waals surface area contributed by atoms with Gasteiger partial charge in [-0.3, -0.25) is 4.79 Å². The summed E-state index contributed by atoms with van der Waals surface area (Å²) in [6.45, 7) is 6.23. The number of nitrogens with one attached hydrogen (secondary N) is 2. The average molecular weight is 196 g/mol. The van der Waals surface area contributed by atoms with Crippen LogP contribution in [0.4, 0.5) is 0 Å². The molecular formula is C11H20N2O. The molecule has 0 aromatic rings. The number of carbonyl (C=O) groups excluding carboxylic acids is 1. The van der Waals surface area contributed by atoms with E-state index in [0.29, 0.717) is 18.3 Å². The molecule has 3 nitrogen and oxygen atoms in total. The highest BCUT2D eigenvalue weighted by Crippen LogP contribution is 2.41. The first-order valence-electron chi connectivity index (χ1n) is 5.64. The fourth-order valence-corrected chi connectivity index (χ4v) is 2.60. The number of rotatable bonds is 3. The summed E-state index contributed by atoms with van der Waals surface area (Å²) in [7, 11) is 0. The zero-order valence-electron chi connectivity index (χ0n) is 9.10. The highest BCUT2D eigenvalue weighted by molar-refractivity contribution is 5.77. The molecule has 2 unspecified atom stereocenters. The van der Waals surface area contributed by atoms with Crippen LogP contribution < -0.4 is 10.6 Å². The van der Waals surface area contributed by atoms with Crippen molar-refractivity contribution in [3.63, 3.8) is 0 Å². The highest BCUT2D eigenvalue weighted by Gasteiger charge is 2.50. The molecule has 1 saturated carbocycles. The first-order chi connectivity index (χ1) is 6.62. The molecule has 1 heterocycles. The van der Waals surface area contributed by atoms with Gasteiger partial charge in [0.15, 0.2) is 0 Å². The van der Waals surface area contributed by atoms with Gasteiger partial charge in [0.2, 0.25) is 5.91 Å². The predicted octanol–water partition coefficient (Wildman–Crippen LogP) is 0.901. The van der Waals surface area contributed by atoms with Gasteiger partial charge in [0, 0.05) is 19.5 Å². The zero-order valence-corrected chi connectivity index (χ0v) is 9.10. The Hall–Kier alpha value is -0.570. The lowest BCUT2D eigenvalue weighted by Gasteiger charge is -2.44. The third-order valence-electron chi connectivity index (χ3n) is 3.53. The lowest BCUT2D eigenvalue weighted by molar-refractivity contribution is -0.125. The maximum absolute atomic E-state index is 11.7. The van der Waals surface area contributed by atoms with Crippen molar-refractivity contribution in [2.75, 3.05) is 13.1 Å². The molecule has 1 aliphatic heterocycles. The maximum atomic E-state index is 11.7. The summed E-state index contributed by atoms with van der Waals surface area (Å²) in [6, 6.07) is 0. The second-order valence-corrected chi connectivity index (χ2v) is 5.17. The third-order valence-corrected chi connectivity index (χ3v) is 3.53. The molecule has 2 fully saturated rings. The lowest BCUT2D eigenvalue weighted by atomic mass is 9.69. The van der Waals surface area contributed by atoms with Crippen LogP contribution in [0.2, 0.25) is 0 Å². The number of hydrogen-bond acceptors (Lipinski definition) is 2. The second-order valence-electron chi connectivity index (χ2n) is 5.17. The van der Waals surface area contributed by atoms with Crippen molar-refractivity contribution in [2.24, 2.45) is 11.8 Å². The number of amides is 1. The van der Waals surface area contributed by atoms with Gasteiger partial charge in [-0.05, 0) is 24.7 Å². The van der Waals surface area contributed by atoms with E-state index >= 15 is 0 Å². The minimum atomic E-state index is 0.131. The SMILES string of the molecule is CC(C)CC(=O)NC12CCC1CNC2. The van der Waals surface area contributed by atoms with Crippen molar-refractivity contribution >= 4 is 5.91 Å². The minimum absolute atomic E-state index is 0.131. The van der Waals surface area contributed by atoms with Crippen LogP contribution >= 0.6 is 0 Å². The van der Waals surface area contributed by atoms with Crippen molar-refractivity contribution in [3.05, 3.63) is 0 Å². The van der Waals surface area contributed by atoms with E-state index in [-0.39, 0.29) is 11.4 Å². The van der Waals surface area contributed by atoms with Crippen LogP contribution in [0.3, 0.4) is 0 Å². The monoisotopic (exact) mass is 196 g/mol. The Bertz CT molecular complexity index is 239. The molecule has 0 bridgehead atoms. The van der Waals surface area contributed by atoms with Crippen molar-refractivity contribution in [1.29, 1.82) is 0 Å². The van der Waals surface area contributed by atoms with E-state index in [4.69, 9.17) is 0 Å². The third kappa shape index (κ3) is 1.65. The number of carbonyl (C=O) groups is 1. The molecule has 0 aromatic heterocycles. The molecule has 2 rings (SSSR count). The van der Waals surface area contributed by atoms with Gasteiger partial charge >= 0.3 is 0 Å². The molecule has 2 atom stereocenters. The molecule has 14 heavy (non-hydrogen) atoms. The molecule has 80 valence electrons. The second kappa shape index (κ2) is 3.54. The van der Waals surface area contributed by atoms with E-state index in [1.807, 2.05) is 0 Å². The fourth-order valence-electron chi connectivity index (χ4n) is 2.60. The number of hydrogen-bond donors (Lipinski definition) is 2. The van der Waals surface area contributed by atoms with Crippen molar-refractivity contribution < 1.29 is 4.79 Å². The molecular weight excluding hydrogens is 176 g/mol. The quantitative estimate of drug-likeness (QED) is 0.704. The van der Waals surface area contributed by atoms with Crippen LogP contribution in [0, 0.1) is 11.8 Å². The molecule has 2 aliphatic rings. The first-order valence-corrected chi connectivity index (χ1v) is 5.64. The fraction of sp³-hybridized carbons (Fsp3) is 0.909. The van der Waals surface area contributed by atoms with Gasteiger partial charge in [-0.25, -0.2) is 0 Å². The summed E-state index contributed by atoms with van der Waals surface area (Å²) in [6.07, 6.45) is 3.10. The molecule has 1 saturated heterocycles. The van der Waals surface area contributed by atoms with Gasteiger partial charge < -0.3 is 10.6 Å².